The molecule has 1 N–H and O–H groups in total. The third kappa shape index (κ3) is 2.99. The van der Waals surface area contributed by atoms with Gasteiger partial charge in [-0.2, -0.15) is 5.10 Å². The van der Waals surface area contributed by atoms with Crippen molar-refractivity contribution in [2.24, 2.45) is 0 Å². The van der Waals surface area contributed by atoms with Crippen molar-refractivity contribution >= 4 is 56.4 Å². The van der Waals surface area contributed by atoms with Crippen LogP contribution in [0.15, 0.2) is 34.1 Å². The van der Waals surface area contributed by atoms with E-state index in [9.17, 15) is 9.90 Å². The molecular weight excluding hydrogens is 459 g/mol. The SMILES string of the molecule is O=C(O)[C@H]1CCCc2c1nn(-c1cccc(Cl)c1Cl)c2-c1ccc(Br)s1. The summed E-state index contributed by atoms with van der Waals surface area (Å²) < 4.78 is 2.75. The van der Waals surface area contributed by atoms with Crippen LogP contribution in [-0.2, 0) is 11.2 Å². The fraction of sp³-hybridized carbons (Fsp3) is 0.222. The zero-order valence-corrected chi connectivity index (χ0v) is 17.3. The Morgan fingerprint density at radius 1 is 1.31 bits per heavy atom. The highest BCUT2D eigenvalue weighted by Crippen LogP contribution is 2.43. The fourth-order valence-electron chi connectivity index (χ4n) is 3.38. The quantitative estimate of drug-likeness (QED) is 0.496. The van der Waals surface area contributed by atoms with E-state index in [0.29, 0.717) is 27.8 Å². The van der Waals surface area contributed by atoms with E-state index in [4.69, 9.17) is 28.3 Å². The number of aromatic nitrogens is 2. The molecule has 134 valence electrons. The van der Waals surface area contributed by atoms with Crippen molar-refractivity contribution in [1.82, 2.24) is 9.78 Å². The molecule has 2 aromatic heterocycles. The molecule has 3 aromatic rings. The number of carbonyl (C=O) groups is 1. The Bertz CT molecular complexity index is 1010. The first-order chi connectivity index (χ1) is 12.5. The van der Waals surface area contributed by atoms with Crippen LogP contribution in [0.2, 0.25) is 10.0 Å². The van der Waals surface area contributed by atoms with Crippen molar-refractivity contribution in [2.45, 2.75) is 25.2 Å². The first kappa shape index (κ1) is 18.0. The summed E-state index contributed by atoms with van der Waals surface area (Å²) >= 11 is 17.7. The molecule has 0 bridgehead atoms. The molecule has 1 atom stereocenters. The number of nitrogens with zero attached hydrogens (tertiary/aromatic N) is 2. The van der Waals surface area contributed by atoms with Gasteiger partial charge in [-0.05, 0) is 59.5 Å². The first-order valence-corrected chi connectivity index (χ1v) is 10.4. The molecule has 0 radical (unpaired) electrons. The largest absolute Gasteiger partial charge is 0.481 e. The van der Waals surface area contributed by atoms with Gasteiger partial charge in [0.05, 0.1) is 35.8 Å². The van der Waals surface area contributed by atoms with Gasteiger partial charge in [0.15, 0.2) is 0 Å². The molecule has 0 aliphatic heterocycles. The second kappa shape index (κ2) is 7.00. The van der Waals surface area contributed by atoms with E-state index in [1.165, 1.54) is 0 Å². The smallest absolute Gasteiger partial charge is 0.312 e. The van der Waals surface area contributed by atoms with Crippen molar-refractivity contribution in [1.29, 1.82) is 0 Å². The maximum absolute atomic E-state index is 11.7. The molecule has 1 aromatic carbocycles. The second-order valence-electron chi connectivity index (χ2n) is 6.08. The van der Waals surface area contributed by atoms with Crippen molar-refractivity contribution in [3.63, 3.8) is 0 Å². The summed E-state index contributed by atoms with van der Waals surface area (Å²) in [6.07, 6.45) is 2.21. The van der Waals surface area contributed by atoms with Gasteiger partial charge in [0, 0.05) is 5.56 Å². The Hall–Kier alpha value is -1.34. The maximum atomic E-state index is 11.7. The highest BCUT2D eigenvalue weighted by Gasteiger charge is 2.33. The summed E-state index contributed by atoms with van der Waals surface area (Å²) in [7, 11) is 0. The topological polar surface area (TPSA) is 55.1 Å². The zero-order valence-electron chi connectivity index (χ0n) is 13.4. The van der Waals surface area contributed by atoms with E-state index in [1.54, 1.807) is 22.1 Å². The Labute approximate surface area is 172 Å². The molecule has 4 nitrogen and oxygen atoms in total. The van der Waals surface area contributed by atoms with Crippen LogP contribution in [0.1, 0.15) is 30.0 Å². The van der Waals surface area contributed by atoms with E-state index in [-0.39, 0.29) is 0 Å². The number of carboxylic acids is 1. The number of hydrogen-bond donors (Lipinski definition) is 1. The van der Waals surface area contributed by atoms with Gasteiger partial charge in [0.25, 0.3) is 0 Å². The fourth-order valence-corrected chi connectivity index (χ4v) is 5.20. The Balaban J connectivity index is 2.02. The van der Waals surface area contributed by atoms with Crippen LogP contribution in [0.3, 0.4) is 0 Å². The van der Waals surface area contributed by atoms with Crippen molar-refractivity contribution in [3.8, 4) is 16.3 Å². The summed E-state index contributed by atoms with van der Waals surface area (Å²) in [5.74, 6) is -1.44. The molecule has 0 amide bonds. The second-order valence-corrected chi connectivity index (χ2v) is 9.33. The molecule has 8 heteroatoms. The van der Waals surface area contributed by atoms with Crippen molar-refractivity contribution in [2.75, 3.05) is 0 Å². The number of aliphatic carboxylic acids is 1. The number of halogens is 3. The number of benzene rings is 1. The monoisotopic (exact) mass is 470 g/mol. The van der Waals surface area contributed by atoms with E-state index >= 15 is 0 Å². The molecule has 0 fully saturated rings. The molecule has 1 aliphatic carbocycles. The molecule has 0 saturated heterocycles. The van der Waals surface area contributed by atoms with Gasteiger partial charge >= 0.3 is 5.97 Å². The maximum Gasteiger partial charge on any atom is 0.312 e. The molecule has 26 heavy (non-hydrogen) atoms. The molecule has 0 spiro atoms. The van der Waals surface area contributed by atoms with Crippen LogP contribution >= 0.6 is 50.5 Å². The Kier molecular flexibility index (Phi) is 4.86. The summed E-state index contributed by atoms with van der Waals surface area (Å²) in [6, 6.07) is 9.35. The summed E-state index contributed by atoms with van der Waals surface area (Å²) in [5.41, 5.74) is 3.15. The summed E-state index contributed by atoms with van der Waals surface area (Å²) in [6.45, 7) is 0. The van der Waals surface area contributed by atoms with Gasteiger partial charge < -0.3 is 5.11 Å². The lowest BCUT2D eigenvalue weighted by atomic mass is 9.86. The summed E-state index contributed by atoms with van der Waals surface area (Å²) in [4.78, 5) is 12.7. The van der Waals surface area contributed by atoms with Crippen LogP contribution in [0.25, 0.3) is 16.3 Å². The zero-order chi connectivity index (χ0) is 18.4. The third-order valence-electron chi connectivity index (χ3n) is 4.53. The van der Waals surface area contributed by atoms with Crippen LogP contribution in [0.4, 0.5) is 0 Å². The van der Waals surface area contributed by atoms with Gasteiger partial charge in [-0.3, -0.25) is 4.79 Å². The molecular formula is C18H13BrCl2N2O2S. The van der Waals surface area contributed by atoms with Crippen molar-refractivity contribution in [3.05, 3.63) is 55.4 Å². The number of fused-ring (bicyclic) bond motifs is 1. The molecule has 0 unspecified atom stereocenters. The predicted molar refractivity (Wildman–Crippen MR) is 108 cm³/mol. The van der Waals surface area contributed by atoms with E-state index in [2.05, 4.69) is 15.9 Å². The number of thiophene rings is 1. The van der Waals surface area contributed by atoms with Crippen LogP contribution in [-0.4, -0.2) is 20.9 Å². The predicted octanol–water partition coefficient (Wildman–Crippen LogP) is 6.17. The molecule has 0 saturated carbocycles. The van der Waals surface area contributed by atoms with Crippen molar-refractivity contribution < 1.29 is 9.90 Å². The number of carboxylic acid groups (broad SMARTS) is 1. The molecule has 2 heterocycles. The van der Waals surface area contributed by atoms with E-state index < -0.39 is 11.9 Å². The Morgan fingerprint density at radius 2 is 2.12 bits per heavy atom. The van der Waals surface area contributed by atoms with Gasteiger partial charge in [0.1, 0.15) is 5.92 Å². The van der Waals surface area contributed by atoms with Gasteiger partial charge in [-0.1, -0.05) is 29.3 Å². The average molecular weight is 472 g/mol. The normalized spacial score (nSPS) is 16.5. The lowest BCUT2D eigenvalue weighted by Gasteiger charge is -2.17. The first-order valence-electron chi connectivity index (χ1n) is 8.02. The number of hydrogen-bond acceptors (Lipinski definition) is 3. The van der Waals surface area contributed by atoms with E-state index in [1.807, 2.05) is 24.3 Å². The van der Waals surface area contributed by atoms with Gasteiger partial charge in [0.2, 0.25) is 0 Å². The standard InChI is InChI=1S/C18H13BrCl2N2O2S/c19-14-8-7-13(26-14)17-9-3-1-4-10(18(24)25)16(9)22-23(17)12-6-2-5-11(20)15(12)21/h2,5-8,10H,1,3-4H2,(H,24,25)/t10-/m0/s1. The third-order valence-corrected chi connectivity index (χ3v) is 6.97. The molecule has 4 rings (SSSR count). The Morgan fingerprint density at radius 3 is 2.81 bits per heavy atom. The van der Waals surface area contributed by atoms with Crippen LogP contribution < -0.4 is 0 Å². The van der Waals surface area contributed by atoms with Crippen LogP contribution in [0.5, 0.6) is 0 Å². The minimum atomic E-state index is -0.841. The lowest BCUT2D eigenvalue weighted by molar-refractivity contribution is -0.139. The highest BCUT2D eigenvalue weighted by molar-refractivity contribution is 9.11. The lowest BCUT2D eigenvalue weighted by Crippen LogP contribution is -2.17. The highest BCUT2D eigenvalue weighted by atomic mass is 79.9. The van der Waals surface area contributed by atoms with E-state index in [0.717, 1.165) is 32.8 Å². The minimum Gasteiger partial charge on any atom is -0.481 e. The minimum absolute atomic E-state index is 0.401. The number of rotatable bonds is 3. The van der Waals surface area contributed by atoms with Gasteiger partial charge in [-0.15, -0.1) is 11.3 Å². The average Bonchev–Trinajstić information content (AvgIpc) is 3.19. The summed E-state index contributed by atoms with van der Waals surface area (Å²) in [5, 5.41) is 15.2. The van der Waals surface area contributed by atoms with Crippen LogP contribution in [0, 0.1) is 0 Å². The van der Waals surface area contributed by atoms with Gasteiger partial charge in [-0.25, -0.2) is 4.68 Å². The molecule has 1 aliphatic rings.